The van der Waals surface area contributed by atoms with Crippen molar-refractivity contribution < 1.29 is 24.1 Å². The van der Waals surface area contributed by atoms with Gasteiger partial charge in [-0.2, -0.15) is 18.9 Å². The van der Waals surface area contributed by atoms with Gasteiger partial charge in [-0.25, -0.2) is 34.1 Å². The monoisotopic (exact) mass is 914 g/mol. The summed E-state index contributed by atoms with van der Waals surface area (Å²) in [5.41, 5.74) is 5.90. The van der Waals surface area contributed by atoms with Crippen LogP contribution in [-0.2, 0) is 34.3 Å². The highest BCUT2D eigenvalue weighted by molar-refractivity contribution is 7.10. The molecule has 8 heterocycles. The molecule has 326 valence electrons. The molecule has 0 saturated carbocycles. The van der Waals surface area contributed by atoms with E-state index in [2.05, 4.69) is 88.8 Å². The fourth-order valence-corrected chi connectivity index (χ4v) is 8.66. The quantitative estimate of drug-likeness (QED) is 0.0433. The van der Waals surface area contributed by atoms with Crippen LogP contribution in [-0.4, -0.2) is 105 Å². The molecule has 23 heteroatoms. The number of ether oxygens (including phenoxy) is 3. The fraction of sp³-hybridized carbons (Fsp3) is 0.359. The molecule has 62 heavy (non-hydrogen) atoms. The van der Waals surface area contributed by atoms with Crippen molar-refractivity contribution in [1.29, 1.82) is 0 Å². The number of carbonyl (C=O) groups excluding carboxylic acids is 1. The first-order valence-corrected chi connectivity index (χ1v) is 28.7. The van der Waals surface area contributed by atoms with Crippen LogP contribution < -0.4 is 10.6 Å². The van der Waals surface area contributed by atoms with Gasteiger partial charge in [-0.05, 0) is 41.2 Å². The van der Waals surface area contributed by atoms with Crippen LogP contribution in [0.5, 0.6) is 0 Å². The summed E-state index contributed by atoms with van der Waals surface area (Å²) in [6, 6.07) is 5.68. The third kappa shape index (κ3) is 11.4. The summed E-state index contributed by atoms with van der Waals surface area (Å²) in [6.07, 6.45) is 18.2. The SMILES string of the molecule is COC(=O)c1cc(Nc2nccn3c(-c4cnn(COCC[Si](C)(C)C)c4)cnc23)sn1.C[Si](C)(C)CCOCn1cc(-c2cnc3c(Nc4cc(CO)ns4)nccn23)cn1. The molecular weight excluding hydrogens is 865 g/mol. The van der Waals surface area contributed by atoms with Crippen LogP contribution in [0.1, 0.15) is 16.2 Å². The molecular formula is C39H50N14O5S2Si2. The van der Waals surface area contributed by atoms with Crippen molar-refractivity contribution in [3.05, 3.63) is 85.5 Å². The van der Waals surface area contributed by atoms with Gasteiger partial charge in [0, 0.05) is 83.7 Å². The Morgan fingerprint density at radius 1 is 0.710 bits per heavy atom. The molecule has 0 aliphatic rings. The molecule has 0 aliphatic carbocycles. The average molecular weight is 915 g/mol. The molecule has 0 atom stereocenters. The Kier molecular flexibility index (Phi) is 14.0. The van der Waals surface area contributed by atoms with Gasteiger partial charge in [0.25, 0.3) is 0 Å². The van der Waals surface area contributed by atoms with Crippen LogP contribution in [0.2, 0.25) is 51.4 Å². The van der Waals surface area contributed by atoms with Crippen molar-refractivity contribution in [1.82, 2.24) is 57.0 Å². The number of nitrogens with one attached hydrogen (secondary N) is 2. The molecule has 0 aliphatic heterocycles. The summed E-state index contributed by atoms with van der Waals surface area (Å²) in [5.74, 6) is 0.699. The summed E-state index contributed by atoms with van der Waals surface area (Å²) < 4.78 is 32.0. The van der Waals surface area contributed by atoms with Gasteiger partial charge < -0.3 is 30.0 Å². The number of imidazole rings is 2. The van der Waals surface area contributed by atoms with Crippen LogP contribution in [0.4, 0.5) is 21.6 Å². The van der Waals surface area contributed by atoms with E-state index in [9.17, 15) is 9.90 Å². The van der Waals surface area contributed by atoms with Crippen molar-refractivity contribution in [2.24, 2.45) is 0 Å². The Labute approximate surface area is 368 Å². The summed E-state index contributed by atoms with van der Waals surface area (Å²) in [5, 5.41) is 25.9. The zero-order valence-corrected chi connectivity index (χ0v) is 39.3. The molecule has 0 amide bonds. The van der Waals surface area contributed by atoms with Crippen LogP contribution >= 0.6 is 23.1 Å². The lowest BCUT2D eigenvalue weighted by Crippen LogP contribution is -2.22. The van der Waals surface area contributed by atoms with Crippen molar-refractivity contribution in [3.8, 4) is 22.5 Å². The van der Waals surface area contributed by atoms with E-state index in [1.807, 2.05) is 39.8 Å². The van der Waals surface area contributed by atoms with E-state index >= 15 is 0 Å². The third-order valence-corrected chi connectivity index (χ3v) is 14.1. The molecule has 8 aromatic heterocycles. The van der Waals surface area contributed by atoms with Gasteiger partial charge in [0.15, 0.2) is 28.6 Å². The van der Waals surface area contributed by atoms with Gasteiger partial charge in [0.2, 0.25) is 0 Å². The fourth-order valence-electron chi connectivity index (χ4n) is 5.86. The summed E-state index contributed by atoms with van der Waals surface area (Å²) in [4.78, 5) is 29.5. The zero-order valence-electron chi connectivity index (χ0n) is 35.6. The first-order chi connectivity index (χ1) is 29.8. The summed E-state index contributed by atoms with van der Waals surface area (Å²) in [6.45, 7) is 16.3. The number of aliphatic hydroxyl groups is 1. The van der Waals surface area contributed by atoms with Crippen LogP contribution in [0, 0.1) is 0 Å². The van der Waals surface area contributed by atoms with E-state index in [0.29, 0.717) is 47.1 Å². The Hall–Kier alpha value is -5.70. The third-order valence-electron chi connectivity index (χ3n) is 9.26. The van der Waals surface area contributed by atoms with Crippen LogP contribution in [0.25, 0.3) is 33.8 Å². The number of nitrogens with zero attached hydrogens (tertiary/aromatic N) is 12. The van der Waals surface area contributed by atoms with E-state index in [1.165, 1.54) is 18.6 Å². The molecule has 0 fully saturated rings. The highest BCUT2D eigenvalue weighted by atomic mass is 32.1. The van der Waals surface area contributed by atoms with Crippen LogP contribution in [0.3, 0.4) is 0 Å². The van der Waals surface area contributed by atoms with E-state index in [4.69, 9.17) is 14.2 Å². The van der Waals surface area contributed by atoms with E-state index < -0.39 is 22.1 Å². The highest BCUT2D eigenvalue weighted by Crippen LogP contribution is 2.29. The number of aromatic nitrogens is 12. The molecule has 3 N–H and O–H groups in total. The van der Waals surface area contributed by atoms with Crippen molar-refractivity contribution in [2.75, 3.05) is 31.0 Å². The number of aliphatic hydroxyl groups excluding tert-OH is 1. The molecule has 8 aromatic rings. The summed E-state index contributed by atoms with van der Waals surface area (Å²) >= 11 is 2.42. The van der Waals surface area contributed by atoms with Gasteiger partial charge in [0.1, 0.15) is 23.5 Å². The first-order valence-electron chi connectivity index (χ1n) is 19.8. The second-order valence-corrected chi connectivity index (χ2v) is 29.5. The number of carbonyl (C=O) groups is 1. The molecule has 0 saturated heterocycles. The second kappa shape index (κ2) is 19.6. The lowest BCUT2D eigenvalue weighted by molar-refractivity contribution is 0.0595. The van der Waals surface area contributed by atoms with Crippen molar-refractivity contribution in [3.63, 3.8) is 0 Å². The maximum absolute atomic E-state index is 11.6. The maximum Gasteiger partial charge on any atom is 0.357 e. The first kappa shape index (κ1) is 44.4. The number of hydrogen-bond donors (Lipinski definition) is 3. The number of rotatable bonds is 18. The molecule has 0 radical (unpaired) electrons. The molecule has 19 nitrogen and oxygen atoms in total. The Bertz CT molecular complexity index is 2730. The number of methoxy groups -OCH3 is 1. The number of hydrogen-bond acceptors (Lipinski definition) is 17. The highest BCUT2D eigenvalue weighted by Gasteiger charge is 2.18. The van der Waals surface area contributed by atoms with Crippen molar-refractivity contribution in [2.45, 2.75) is 71.4 Å². The minimum Gasteiger partial charge on any atom is -0.464 e. The second-order valence-electron chi connectivity index (χ2n) is 16.6. The molecule has 8 rings (SSSR count). The van der Waals surface area contributed by atoms with Gasteiger partial charge in [-0.3, -0.25) is 8.80 Å². The minimum atomic E-state index is -1.11. The lowest BCUT2D eigenvalue weighted by Gasteiger charge is -2.15. The number of anilines is 4. The van der Waals surface area contributed by atoms with Gasteiger partial charge >= 0.3 is 5.97 Å². The Morgan fingerprint density at radius 3 is 1.68 bits per heavy atom. The standard InChI is InChI=1S/C20H25N7O3SSi.C19H25N7O2SSi/c1-29-20(28)15-9-17(31-25-15)24-18-19-22-11-16(27(19)6-5-21-18)14-10-23-26(12-14)13-30-7-8-32(2,3)4;1-30(2,3)7-6-28-13-25-11-14(9-22-25)16-10-21-19-18(20-4-5-26(16)19)23-17-8-15(12-27)24-29-17/h5-6,9-12H,7-8,13H2,1-4H3,(H,21,24);4-5,8-11,27H,6-7,12-13H2,1-3H3,(H,20,23). The predicted octanol–water partition coefficient (Wildman–Crippen LogP) is 7.49. The minimum absolute atomic E-state index is 0.0881. The van der Waals surface area contributed by atoms with Gasteiger partial charge in [-0.15, -0.1) is 0 Å². The van der Waals surface area contributed by atoms with E-state index in [0.717, 1.165) is 64.4 Å². The van der Waals surface area contributed by atoms with Gasteiger partial charge in [-0.1, -0.05) is 39.3 Å². The van der Waals surface area contributed by atoms with Crippen LogP contribution in [0.15, 0.2) is 74.1 Å². The number of fused-ring (bicyclic) bond motifs is 2. The average Bonchev–Trinajstić information content (AvgIpc) is 4.10. The zero-order chi connectivity index (χ0) is 43.9. The normalized spacial score (nSPS) is 11.9. The van der Waals surface area contributed by atoms with E-state index in [-0.39, 0.29) is 12.3 Å². The maximum atomic E-state index is 11.6. The van der Waals surface area contributed by atoms with Gasteiger partial charge in [0.05, 0.1) is 55.6 Å². The lowest BCUT2D eigenvalue weighted by atomic mass is 10.3. The number of esters is 1. The Balaban J connectivity index is 0.000000187. The van der Waals surface area contributed by atoms with Crippen molar-refractivity contribution >= 4 is 78.1 Å². The largest absolute Gasteiger partial charge is 0.464 e. The predicted molar refractivity (Wildman–Crippen MR) is 245 cm³/mol. The molecule has 0 spiro atoms. The smallest absolute Gasteiger partial charge is 0.357 e. The topological polar surface area (TPSA) is 211 Å². The Morgan fingerprint density at radius 2 is 1.21 bits per heavy atom. The molecule has 0 aromatic carbocycles. The van der Waals surface area contributed by atoms with E-state index in [1.54, 1.807) is 52.5 Å². The molecule has 0 unspecified atom stereocenters. The molecule has 0 bridgehead atoms. The summed E-state index contributed by atoms with van der Waals surface area (Å²) in [7, 11) is -0.877.